The number of nitrogens with zero attached hydrogens (tertiary/aromatic N) is 4. The lowest BCUT2D eigenvalue weighted by molar-refractivity contribution is 0.0907. The van der Waals surface area contributed by atoms with Crippen molar-refractivity contribution < 1.29 is 9.59 Å². The molecule has 2 amide bonds. The molecule has 3 fully saturated rings. The van der Waals surface area contributed by atoms with E-state index in [4.69, 9.17) is 5.26 Å². The lowest BCUT2D eigenvalue weighted by atomic mass is 10.0. The third-order valence-electron chi connectivity index (χ3n) is 6.07. The van der Waals surface area contributed by atoms with Gasteiger partial charge in [0.05, 0.1) is 6.54 Å². The monoisotopic (exact) mass is 391 g/mol. The van der Waals surface area contributed by atoms with Gasteiger partial charge in [0.1, 0.15) is 11.8 Å². The Hall–Kier alpha value is -2.04. The maximum absolute atomic E-state index is 12.5. The molecule has 8 heteroatoms. The van der Waals surface area contributed by atoms with E-state index in [1.165, 1.54) is 4.57 Å². The first-order chi connectivity index (χ1) is 12.7. The Labute approximate surface area is 165 Å². The molecule has 0 radical (unpaired) electrons. The number of amides is 2. The highest BCUT2D eigenvalue weighted by Gasteiger charge is 2.43. The number of hydrogen-bond acceptors (Lipinski definition) is 4. The summed E-state index contributed by atoms with van der Waals surface area (Å²) in [4.78, 5) is 28.8. The molecule has 7 nitrogen and oxygen atoms in total. The van der Waals surface area contributed by atoms with E-state index in [0.717, 1.165) is 51.9 Å². The van der Waals surface area contributed by atoms with Crippen molar-refractivity contribution in [1.29, 1.82) is 5.26 Å². The molecule has 1 N–H and O–H groups in total. The second-order valence-electron chi connectivity index (χ2n) is 7.72. The average Bonchev–Trinajstić information content (AvgIpc) is 3.42. The normalized spacial score (nSPS) is 26.6. The summed E-state index contributed by atoms with van der Waals surface area (Å²) in [5, 5.41) is 12.4. The Bertz CT molecular complexity index is 723. The number of nitriles is 1. The summed E-state index contributed by atoms with van der Waals surface area (Å²) in [7, 11) is 0. The number of likely N-dealkylation sites (tertiary alicyclic amines) is 2. The summed E-state index contributed by atoms with van der Waals surface area (Å²) < 4.78 is 1.40. The standard InChI is InChI=1S/C19H25N5O2.ClH/c20-10-17-4-3-7-24(17)18(25)11-21-16-8-14-12-23(13-15(14)9-16)19(26)22-5-1-2-6-22;/h3-4,7,14-16,21H,1-2,5-6,8-9,11-13H2;1H/t14-,15+,16?;. The van der Waals surface area contributed by atoms with Crippen LogP contribution >= 0.6 is 12.4 Å². The quantitative estimate of drug-likeness (QED) is 0.853. The highest BCUT2D eigenvalue weighted by atomic mass is 35.5. The Kier molecular flexibility index (Phi) is 6.08. The van der Waals surface area contributed by atoms with Gasteiger partial charge in [-0.05, 0) is 49.7 Å². The minimum atomic E-state index is -0.102. The van der Waals surface area contributed by atoms with Gasteiger partial charge in [0, 0.05) is 38.4 Å². The van der Waals surface area contributed by atoms with Crippen molar-refractivity contribution in [2.45, 2.75) is 31.7 Å². The first-order valence-electron chi connectivity index (χ1n) is 9.53. The summed E-state index contributed by atoms with van der Waals surface area (Å²) >= 11 is 0. The fourth-order valence-corrected chi connectivity index (χ4v) is 4.74. The van der Waals surface area contributed by atoms with E-state index in [2.05, 4.69) is 5.32 Å². The second-order valence-corrected chi connectivity index (χ2v) is 7.72. The predicted molar refractivity (Wildman–Crippen MR) is 103 cm³/mol. The molecular formula is C19H26ClN5O2. The van der Waals surface area contributed by atoms with E-state index in [0.29, 0.717) is 23.6 Å². The van der Waals surface area contributed by atoms with Crippen LogP contribution in [-0.4, -0.2) is 65.1 Å². The fraction of sp³-hybridized carbons (Fsp3) is 0.632. The maximum atomic E-state index is 12.5. The molecule has 0 bridgehead atoms. The van der Waals surface area contributed by atoms with Gasteiger partial charge in [-0.15, -0.1) is 12.4 Å². The summed E-state index contributed by atoms with van der Waals surface area (Å²) in [5.74, 6) is 0.972. The minimum absolute atomic E-state index is 0. The number of halogens is 1. The lowest BCUT2D eigenvalue weighted by Gasteiger charge is -2.25. The SMILES string of the molecule is Cl.N#Cc1cccn1C(=O)CNC1C[C@@H]2CN(C(=O)N3CCCC3)C[C@@H]2C1. The van der Waals surface area contributed by atoms with Gasteiger partial charge in [-0.2, -0.15) is 5.26 Å². The largest absolute Gasteiger partial charge is 0.325 e. The van der Waals surface area contributed by atoms with Crippen molar-refractivity contribution in [3.8, 4) is 6.07 Å². The second kappa shape index (κ2) is 8.32. The fourth-order valence-electron chi connectivity index (χ4n) is 4.74. The average molecular weight is 392 g/mol. The van der Waals surface area contributed by atoms with Crippen molar-refractivity contribution in [3.63, 3.8) is 0 Å². The predicted octanol–water partition coefficient (Wildman–Crippen LogP) is 1.94. The van der Waals surface area contributed by atoms with E-state index in [-0.39, 0.29) is 30.9 Å². The molecular weight excluding hydrogens is 366 g/mol. The highest BCUT2D eigenvalue weighted by Crippen LogP contribution is 2.38. The van der Waals surface area contributed by atoms with E-state index < -0.39 is 0 Å². The zero-order valence-electron chi connectivity index (χ0n) is 15.3. The molecule has 1 aromatic heterocycles. The van der Waals surface area contributed by atoms with Crippen LogP contribution in [0, 0.1) is 23.2 Å². The van der Waals surface area contributed by atoms with Crippen LogP contribution in [-0.2, 0) is 0 Å². The molecule has 0 spiro atoms. The number of fused-ring (bicyclic) bond motifs is 1. The summed E-state index contributed by atoms with van der Waals surface area (Å²) in [6, 6.07) is 5.92. The topological polar surface area (TPSA) is 81.4 Å². The van der Waals surface area contributed by atoms with Crippen LogP contribution in [0.2, 0.25) is 0 Å². The molecule has 27 heavy (non-hydrogen) atoms. The Balaban J connectivity index is 0.00000210. The number of carbonyl (C=O) groups is 2. The van der Waals surface area contributed by atoms with E-state index in [9.17, 15) is 9.59 Å². The summed E-state index contributed by atoms with van der Waals surface area (Å²) in [5.41, 5.74) is 0.371. The Morgan fingerprint density at radius 3 is 2.44 bits per heavy atom. The molecule has 1 unspecified atom stereocenters. The molecule has 1 aromatic rings. The molecule has 3 heterocycles. The number of hydrogen-bond donors (Lipinski definition) is 1. The molecule has 1 aliphatic carbocycles. The molecule has 2 saturated heterocycles. The van der Waals surface area contributed by atoms with Gasteiger partial charge in [-0.25, -0.2) is 4.79 Å². The third-order valence-corrected chi connectivity index (χ3v) is 6.07. The van der Waals surface area contributed by atoms with Gasteiger partial charge in [-0.3, -0.25) is 9.36 Å². The van der Waals surface area contributed by atoms with E-state index in [1.54, 1.807) is 18.3 Å². The van der Waals surface area contributed by atoms with Gasteiger partial charge in [0.2, 0.25) is 5.91 Å². The van der Waals surface area contributed by atoms with Crippen LogP contribution in [0.3, 0.4) is 0 Å². The Morgan fingerprint density at radius 2 is 1.81 bits per heavy atom. The van der Waals surface area contributed by atoms with Crippen LogP contribution in [0.4, 0.5) is 4.79 Å². The van der Waals surface area contributed by atoms with Crippen molar-refractivity contribution in [3.05, 3.63) is 24.0 Å². The van der Waals surface area contributed by atoms with Crippen molar-refractivity contribution >= 4 is 24.3 Å². The van der Waals surface area contributed by atoms with Gasteiger partial charge in [-0.1, -0.05) is 0 Å². The zero-order valence-corrected chi connectivity index (χ0v) is 16.2. The summed E-state index contributed by atoms with van der Waals surface area (Å²) in [6.45, 7) is 3.75. The van der Waals surface area contributed by atoms with Crippen LogP contribution in [0.5, 0.6) is 0 Å². The number of nitrogens with one attached hydrogen (secondary N) is 1. The number of urea groups is 1. The maximum Gasteiger partial charge on any atom is 0.320 e. The van der Waals surface area contributed by atoms with Gasteiger partial charge in [0.15, 0.2) is 0 Å². The van der Waals surface area contributed by atoms with E-state index >= 15 is 0 Å². The van der Waals surface area contributed by atoms with Crippen LogP contribution in [0.25, 0.3) is 0 Å². The molecule has 3 atom stereocenters. The van der Waals surface area contributed by atoms with E-state index in [1.807, 2.05) is 15.9 Å². The highest BCUT2D eigenvalue weighted by molar-refractivity contribution is 5.85. The number of aromatic nitrogens is 1. The van der Waals surface area contributed by atoms with Gasteiger partial charge in [0.25, 0.3) is 0 Å². The van der Waals surface area contributed by atoms with Crippen LogP contribution in [0.1, 0.15) is 36.2 Å². The van der Waals surface area contributed by atoms with Crippen LogP contribution < -0.4 is 5.32 Å². The third kappa shape index (κ3) is 3.97. The zero-order chi connectivity index (χ0) is 18.1. The molecule has 146 valence electrons. The first kappa shape index (κ1) is 19.7. The molecule has 1 saturated carbocycles. The molecule has 2 aliphatic heterocycles. The summed E-state index contributed by atoms with van der Waals surface area (Å²) in [6.07, 6.45) is 5.91. The van der Waals surface area contributed by atoms with Crippen LogP contribution in [0.15, 0.2) is 18.3 Å². The number of rotatable bonds is 3. The van der Waals surface area contributed by atoms with Gasteiger partial charge >= 0.3 is 6.03 Å². The molecule has 4 rings (SSSR count). The van der Waals surface area contributed by atoms with Gasteiger partial charge < -0.3 is 15.1 Å². The first-order valence-corrected chi connectivity index (χ1v) is 9.53. The smallest absolute Gasteiger partial charge is 0.320 e. The Morgan fingerprint density at radius 1 is 1.15 bits per heavy atom. The molecule has 3 aliphatic rings. The minimum Gasteiger partial charge on any atom is -0.325 e. The number of carbonyl (C=O) groups excluding carboxylic acids is 2. The molecule has 0 aromatic carbocycles. The van der Waals surface area contributed by atoms with Crippen molar-refractivity contribution in [1.82, 2.24) is 19.7 Å². The lowest BCUT2D eigenvalue weighted by Crippen LogP contribution is -2.42. The van der Waals surface area contributed by atoms with Crippen molar-refractivity contribution in [2.24, 2.45) is 11.8 Å². The van der Waals surface area contributed by atoms with Crippen molar-refractivity contribution in [2.75, 3.05) is 32.7 Å².